The molecule has 0 saturated heterocycles. The molecular formula is C16H27FN2. The van der Waals surface area contributed by atoms with Crippen molar-refractivity contribution in [1.82, 2.24) is 0 Å². The lowest BCUT2D eigenvalue weighted by Gasteiger charge is -2.32. The minimum Gasteiger partial charge on any atom is -0.369 e. The van der Waals surface area contributed by atoms with Crippen molar-refractivity contribution in [2.75, 3.05) is 11.9 Å². The van der Waals surface area contributed by atoms with Gasteiger partial charge in [0.05, 0.1) is 5.69 Å². The van der Waals surface area contributed by atoms with Crippen LogP contribution in [0.25, 0.3) is 0 Å². The number of nitrogens with two attached hydrogens (primary N) is 1. The van der Waals surface area contributed by atoms with E-state index in [-0.39, 0.29) is 17.9 Å². The monoisotopic (exact) mass is 266 g/mol. The van der Waals surface area contributed by atoms with Crippen LogP contribution in [0.5, 0.6) is 0 Å². The van der Waals surface area contributed by atoms with Gasteiger partial charge < -0.3 is 10.6 Å². The van der Waals surface area contributed by atoms with Gasteiger partial charge in [0.1, 0.15) is 5.82 Å². The molecule has 0 saturated carbocycles. The molecule has 19 heavy (non-hydrogen) atoms. The molecule has 2 N–H and O–H groups in total. The average molecular weight is 266 g/mol. The van der Waals surface area contributed by atoms with Gasteiger partial charge in [-0.05, 0) is 37.3 Å². The molecular weight excluding hydrogens is 239 g/mol. The second-order valence-electron chi connectivity index (χ2n) is 5.72. The van der Waals surface area contributed by atoms with E-state index < -0.39 is 0 Å². The summed E-state index contributed by atoms with van der Waals surface area (Å²) >= 11 is 0. The molecule has 0 aliphatic rings. The second-order valence-corrected chi connectivity index (χ2v) is 5.72. The molecule has 2 nitrogen and oxygen atoms in total. The Kier molecular flexibility index (Phi) is 5.80. The first kappa shape index (κ1) is 16.0. The van der Waals surface area contributed by atoms with Gasteiger partial charge in [-0.1, -0.05) is 32.9 Å². The van der Waals surface area contributed by atoms with Crippen molar-refractivity contribution in [2.24, 2.45) is 11.7 Å². The Morgan fingerprint density at radius 2 is 1.89 bits per heavy atom. The highest BCUT2D eigenvalue weighted by Crippen LogP contribution is 2.28. The van der Waals surface area contributed by atoms with Crippen molar-refractivity contribution < 1.29 is 4.39 Å². The maximum absolute atomic E-state index is 14.2. The average Bonchev–Trinajstić information content (AvgIpc) is 2.37. The number of anilines is 1. The first-order chi connectivity index (χ1) is 8.88. The van der Waals surface area contributed by atoms with E-state index >= 15 is 0 Å². The normalized spacial score (nSPS) is 14.5. The number of nitrogens with zero attached hydrogens (tertiary/aromatic N) is 1. The molecule has 0 amide bonds. The van der Waals surface area contributed by atoms with Gasteiger partial charge in [0.25, 0.3) is 0 Å². The van der Waals surface area contributed by atoms with Gasteiger partial charge in [-0.2, -0.15) is 0 Å². The van der Waals surface area contributed by atoms with E-state index in [2.05, 4.69) is 27.7 Å². The number of para-hydroxylation sites is 1. The third-order valence-corrected chi connectivity index (χ3v) is 4.01. The number of halogens is 1. The van der Waals surface area contributed by atoms with E-state index in [4.69, 9.17) is 5.73 Å². The number of hydrogen-bond acceptors (Lipinski definition) is 2. The van der Waals surface area contributed by atoms with Crippen LogP contribution in [-0.4, -0.2) is 19.1 Å². The molecule has 0 aromatic heterocycles. The first-order valence-corrected chi connectivity index (χ1v) is 7.14. The highest BCUT2D eigenvalue weighted by Gasteiger charge is 2.20. The fourth-order valence-electron chi connectivity index (χ4n) is 2.20. The van der Waals surface area contributed by atoms with Crippen molar-refractivity contribution in [2.45, 2.75) is 52.6 Å². The van der Waals surface area contributed by atoms with Crippen molar-refractivity contribution in [1.29, 1.82) is 0 Å². The van der Waals surface area contributed by atoms with Gasteiger partial charge in [0.15, 0.2) is 0 Å². The number of benzene rings is 1. The topological polar surface area (TPSA) is 29.3 Å². The molecule has 1 aromatic carbocycles. The van der Waals surface area contributed by atoms with Crippen LogP contribution in [0.4, 0.5) is 10.1 Å². The van der Waals surface area contributed by atoms with Crippen LogP contribution in [0.3, 0.4) is 0 Å². The molecule has 108 valence electrons. The summed E-state index contributed by atoms with van der Waals surface area (Å²) in [5, 5.41) is 0. The van der Waals surface area contributed by atoms with E-state index in [1.165, 1.54) is 6.07 Å². The lowest BCUT2D eigenvalue weighted by atomic mass is 9.99. The summed E-state index contributed by atoms with van der Waals surface area (Å²) in [5.41, 5.74) is 7.72. The smallest absolute Gasteiger partial charge is 0.146 e. The zero-order valence-electron chi connectivity index (χ0n) is 12.8. The summed E-state index contributed by atoms with van der Waals surface area (Å²) in [6.07, 6.45) is 1.62. The molecule has 0 aliphatic heterocycles. The zero-order valence-corrected chi connectivity index (χ0v) is 12.8. The zero-order chi connectivity index (χ0) is 14.6. The van der Waals surface area contributed by atoms with E-state index in [1.807, 2.05) is 18.0 Å². The molecule has 1 rings (SSSR count). The van der Waals surface area contributed by atoms with Gasteiger partial charge >= 0.3 is 0 Å². The Morgan fingerprint density at radius 3 is 2.42 bits per heavy atom. The Hall–Kier alpha value is -1.09. The van der Waals surface area contributed by atoms with E-state index in [0.717, 1.165) is 18.4 Å². The largest absolute Gasteiger partial charge is 0.369 e. The maximum Gasteiger partial charge on any atom is 0.146 e. The van der Waals surface area contributed by atoms with Crippen LogP contribution < -0.4 is 10.6 Å². The lowest BCUT2D eigenvalue weighted by molar-refractivity contribution is 0.495. The Bertz CT molecular complexity index is 404. The highest BCUT2D eigenvalue weighted by molar-refractivity contribution is 5.55. The van der Waals surface area contributed by atoms with E-state index in [1.54, 1.807) is 6.07 Å². The van der Waals surface area contributed by atoms with Crippen LogP contribution in [0, 0.1) is 11.7 Å². The minimum atomic E-state index is -0.157. The van der Waals surface area contributed by atoms with Crippen LogP contribution in [0.15, 0.2) is 18.2 Å². The molecule has 3 heteroatoms. The van der Waals surface area contributed by atoms with Crippen LogP contribution in [0.1, 0.15) is 39.7 Å². The molecule has 0 fully saturated rings. The first-order valence-electron chi connectivity index (χ1n) is 7.14. The quantitative estimate of drug-likeness (QED) is 0.852. The Labute approximate surface area is 116 Å². The van der Waals surface area contributed by atoms with Crippen molar-refractivity contribution in [3.63, 3.8) is 0 Å². The van der Waals surface area contributed by atoms with Crippen molar-refractivity contribution in [3.05, 3.63) is 29.6 Å². The molecule has 0 spiro atoms. The summed E-state index contributed by atoms with van der Waals surface area (Å²) in [5.74, 6) is 0.313. The Morgan fingerprint density at radius 1 is 1.26 bits per heavy atom. The van der Waals surface area contributed by atoms with Gasteiger partial charge in [-0.25, -0.2) is 4.39 Å². The predicted octanol–water partition coefficient (Wildman–Crippen LogP) is 3.59. The number of rotatable bonds is 6. The summed E-state index contributed by atoms with van der Waals surface area (Å²) < 4.78 is 14.2. The fraction of sp³-hybridized carbons (Fsp3) is 0.625. The van der Waals surface area contributed by atoms with Gasteiger partial charge in [0, 0.05) is 19.1 Å². The summed E-state index contributed by atoms with van der Waals surface area (Å²) in [6.45, 7) is 8.49. The minimum absolute atomic E-state index is 0.0864. The molecule has 0 heterocycles. The third-order valence-electron chi connectivity index (χ3n) is 4.01. The molecule has 0 radical (unpaired) electrons. The van der Waals surface area contributed by atoms with E-state index in [9.17, 15) is 4.39 Å². The molecule has 1 aromatic rings. The summed E-state index contributed by atoms with van der Waals surface area (Å²) in [7, 11) is 1.96. The lowest BCUT2D eigenvalue weighted by Crippen LogP contribution is -2.35. The van der Waals surface area contributed by atoms with Crippen LogP contribution >= 0.6 is 0 Å². The second kappa shape index (κ2) is 6.90. The van der Waals surface area contributed by atoms with E-state index in [0.29, 0.717) is 11.6 Å². The standard InChI is InChI=1S/C16H27FN2/c1-6-14(18)10-13-8-7-9-15(17)16(13)19(5)12(4)11(2)3/h7-9,11-12,14H,6,10,18H2,1-5H3. The van der Waals surface area contributed by atoms with Gasteiger partial charge in [-0.3, -0.25) is 0 Å². The van der Waals surface area contributed by atoms with Crippen LogP contribution in [-0.2, 0) is 6.42 Å². The van der Waals surface area contributed by atoms with Gasteiger partial charge in [-0.15, -0.1) is 0 Å². The third kappa shape index (κ3) is 3.93. The fourth-order valence-corrected chi connectivity index (χ4v) is 2.20. The maximum atomic E-state index is 14.2. The molecule has 0 bridgehead atoms. The van der Waals surface area contributed by atoms with Crippen molar-refractivity contribution >= 4 is 5.69 Å². The van der Waals surface area contributed by atoms with Crippen LogP contribution in [0.2, 0.25) is 0 Å². The Balaban J connectivity index is 3.10. The van der Waals surface area contributed by atoms with Gasteiger partial charge in [0.2, 0.25) is 0 Å². The molecule has 2 unspecified atom stereocenters. The molecule has 0 aliphatic carbocycles. The SMILES string of the molecule is CCC(N)Cc1cccc(F)c1N(C)C(C)C(C)C. The number of hydrogen-bond donors (Lipinski definition) is 1. The highest BCUT2D eigenvalue weighted by atomic mass is 19.1. The predicted molar refractivity (Wildman–Crippen MR) is 81.1 cm³/mol. The van der Waals surface area contributed by atoms with Crippen molar-refractivity contribution in [3.8, 4) is 0 Å². The molecule has 2 atom stereocenters. The summed E-state index contributed by atoms with van der Waals surface area (Å²) in [4.78, 5) is 2.04. The summed E-state index contributed by atoms with van der Waals surface area (Å²) in [6, 6.07) is 5.65.